The summed E-state index contributed by atoms with van der Waals surface area (Å²) in [5.41, 5.74) is 1.97. The molecule has 1 N–H and O–H groups in total. The first-order valence-electron chi connectivity index (χ1n) is 9.43. The van der Waals surface area contributed by atoms with Gasteiger partial charge in [-0.3, -0.25) is 4.79 Å². The van der Waals surface area contributed by atoms with Crippen LogP contribution >= 0.6 is 0 Å². The van der Waals surface area contributed by atoms with Gasteiger partial charge in [-0.15, -0.1) is 0 Å². The number of hydrogen-bond donors (Lipinski definition) is 1. The molecule has 0 saturated carbocycles. The van der Waals surface area contributed by atoms with Gasteiger partial charge in [0.15, 0.2) is 6.10 Å². The molecule has 0 bridgehead atoms. The Hall–Kier alpha value is -3.41. The molecule has 0 unspecified atom stereocenters. The minimum atomic E-state index is -1.01. The van der Waals surface area contributed by atoms with Crippen LogP contribution in [-0.4, -0.2) is 35.4 Å². The van der Waals surface area contributed by atoms with E-state index in [1.165, 1.54) is 6.92 Å². The zero-order chi connectivity index (χ0) is 21.1. The fourth-order valence-corrected chi connectivity index (χ4v) is 3.31. The fourth-order valence-electron chi connectivity index (χ4n) is 3.31. The van der Waals surface area contributed by atoms with Crippen molar-refractivity contribution in [1.82, 2.24) is 4.98 Å². The molecule has 29 heavy (non-hydrogen) atoms. The summed E-state index contributed by atoms with van der Waals surface area (Å²) in [6.45, 7) is 6.84. The van der Waals surface area contributed by atoms with E-state index in [1.807, 2.05) is 30.3 Å². The number of rotatable bonds is 6. The molecule has 2 aromatic carbocycles. The van der Waals surface area contributed by atoms with Gasteiger partial charge in [0.25, 0.3) is 0 Å². The van der Waals surface area contributed by atoms with Crippen LogP contribution in [0.1, 0.15) is 56.3 Å². The summed E-state index contributed by atoms with van der Waals surface area (Å²) in [7, 11) is 0. The molecule has 3 rings (SSSR count). The lowest BCUT2D eigenvalue weighted by molar-refractivity contribution is 0.0317. The van der Waals surface area contributed by atoms with Crippen LogP contribution in [0.4, 0.5) is 0 Å². The van der Waals surface area contributed by atoms with Gasteiger partial charge in [-0.1, -0.05) is 30.3 Å². The third kappa shape index (κ3) is 4.06. The summed E-state index contributed by atoms with van der Waals surface area (Å²) < 4.78 is 10.4. The van der Waals surface area contributed by atoms with Crippen LogP contribution in [0.5, 0.6) is 0 Å². The summed E-state index contributed by atoms with van der Waals surface area (Å²) in [6, 6.07) is 12.9. The van der Waals surface area contributed by atoms with Crippen molar-refractivity contribution in [2.24, 2.45) is 0 Å². The number of H-pyrrole nitrogens is 1. The van der Waals surface area contributed by atoms with Gasteiger partial charge in [-0.05, 0) is 56.2 Å². The number of aryl methyl sites for hydroxylation is 1. The molecule has 6 nitrogen and oxygen atoms in total. The van der Waals surface area contributed by atoms with Gasteiger partial charge in [0.2, 0.25) is 5.78 Å². The van der Waals surface area contributed by atoms with Crippen molar-refractivity contribution in [2.45, 2.75) is 33.8 Å². The predicted molar refractivity (Wildman–Crippen MR) is 109 cm³/mol. The number of ether oxygens (including phenoxy) is 2. The van der Waals surface area contributed by atoms with Crippen LogP contribution in [0.2, 0.25) is 0 Å². The summed E-state index contributed by atoms with van der Waals surface area (Å²) in [4.78, 5) is 40.4. The molecule has 0 aliphatic carbocycles. The van der Waals surface area contributed by atoms with Crippen molar-refractivity contribution in [2.75, 3.05) is 6.61 Å². The highest BCUT2D eigenvalue weighted by Gasteiger charge is 2.27. The molecular weight excluding hydrogens is 370 g/mol. The molecule has 1 heterocycles. The lowest BCUT2D eigenvalue weighted by Crippen LogP contribution is -2.25. The third-order valence-electron chi connectivity index (χ3n) is 4.80. The minimum Gasteiger partial charge on any atom is -0.462 e. The van der Waals surface area contributed by atoms with Crippen LogP contribution in [0, 0.1) is 13.8 Å². The Morgan fingerprint density at radius 2 is 1.69 bits per heavy atom. The second-order valence-corrected chi connectivity index (χ2v) is 6.82. The minimum absolute atomic E-state index is 0.240. The molecule has 0 aliphatic rings. The number of Topliss-reactive ketones (excluding diaryl/α,β-unsaturated/α-hetero) is 1. The molecular formula is C23H23NO5. The summed E-state index contributed by atoms with van der Waals surface area (Å²) in [5.74, 6) is -1.47. The highest BCUT2D eigenvalue weighted by molar-refractivity contribution is 6.05. The van der Waals surface area contributed by atoms with E-state index in [4.69, 9.17) is 9.47 Å². The molecule has 0 aliphatic heterocycles. The standard InChI is InChI=1S/C23H23NO5/c1-5-28-23(27)19-13(2)20(24-14(19)3)21(25)15(4)29-22(26)18-11-10-16-8-6-7-9-17(16)12-18/h6-12,15,24H,5H2,1-4H3/t15-/m1/s1. The number of aromatic amines is 1. The first-order valence-corrected chi connectivity index (χ1v) is 9.43. The Morgan fingerprint density at radius 3 is 2.38 bits per heavy atom. The average Bonchev–Trinajstić information content (AvgIpc) is 3.01. The van der Waals surface area contributed by atoms with E-state index in [1.54, 1.807) is 32.9 Å². The first-order chi connectivity index (χ1) is 13.8. The number of benzene rings is 2. The Labute approximate surface area is 168 Å². The highest BCUT2D eigenvalue weighted by Crippen LogP contribution is 2.22. The van der Waals surface area contributed by atoms with Crippen molar-refractivity contribution in [1.29, 1.82) is 0 Å². The largest absolute Gasteiger partial charge is 0.462 e. The first kappa shape index (κ1) is 20.3. The zero-order valence-electron chi connectivity index (χ0n) is 16.9. The monoisotopic (exact) mass is 393 g/mol. The fraction of sp³-hybridized carbons (Fsp3) is 0.261. The summed E-state index contributed by atoms with van der Waals surface area (Å²) in [6.07, 6.45) is -1.01. The number of hydrogen-bond acceptors (Lipinski definition) is 5. The molecule has 3 aromatic rings. The van der Waals surface area contributed by atoms with Crippen molar-refractivity contribution in [3.8, 4) is 0 Å². The maximum atomic E-state index is 12.8. The third-order valence-corrected chi connectivity index (χ3v) is 4.80. The molecule has 0 saturated heterocycles. The van der Waals surface area contributed by atoms with E-state index < -0.39 is 23.8 Å². The van der Waals surface area contributed by atoms with E-state index in [9.17, 15) is 14.4 Å². The van der Waals surface area contributed by atoms with E-state index in [2.05, 4.69) is 4.98 Å². The van der Waals surface area contributed by atoms with Crippen LogP contribution in [-0.2, 0) is 9.47 Å². The van der Waals surface area contributed by atoms with E-state index in [0.717, 1.165) is 10.8 Å². The van der Waals surface area contributed by atoms with Gasteiger partial charge in [0, 0.05) is 5.69 Å². The number of esters is 2. The van der Waals surface area contributed by atoms with Crippen LogP contribution < -0.4 is 0 Å². The maximum absolute atomic E-state index is 12.8. The number of fused-ring (bicyclic) bond motifs is 1. The molecule has 0 radical (unpaired) electrons. The number of carbonyl (C=O) groups excluding carboxylic acids is 3. The molecule has 0 amide bonds. The second-order valence-electron chi connectivity index (χ2n) is 6.82. The lowest BCUT2D eigenvalue weighted by atomic mass is 10.1. The number of ketones is 1. The Balaban J connectivity index is 1.78. The zero-order valence-corrected chi connectivity index (χ0v) is 16.9. The van der Waals surface area contributed by atoms with Crippen molar-refractivity contribution >= 4 is 28.5 Å². The van der Waals surface area contributed by atoms with Gasteiger partial charge in [0.1, 0.15) is 0 Å². The second kappa shape index (κ2) is 8.31. The Kier molecular flexibility index (Phi) is 5.82. The van der Waals surface area contributed by atoms with Gasteiger partial charge in [-0.2, -0.15) is 0 Å². The Bertz CT molecular complexity index is 1100. The number of aromatic nitrogens is 1. The van der Waals surface area contributed by atoms with Gasteiger partial charge in [0.05, 0.1) is 23.4 Å². The van der Waals surface area contributed by atoms with Crippen LogP contribution in [0.25, 0.3) is 10.8 Å². The van der Waals surface area contributed by atoms with Crippen LogP contribution in [0.3, 0.4) is 0 Å². The smallest absolute Gasteiger partial charge is 0.340 e. The molecule has 0 fully saturated rings. The Morgan fingerprint density at radius 1 is 1.00 bits per heavy atom. The normalized spacial score (nSPS) is 11.9. The van der Waals surface area contributed by atoms with E-state index in [-0.39, 0.29) is 12.3 Å². The lowest BCUT2D eigenvalue weighted by Gasteiger charge is -2.12. The van der Waals surface area contributed by atoms with Crippen molar-refractivity contribution in [3.63, 3.8) is 0 Å². The summed E-state index contributed by atoms with van der Waals surface area (Å²) in [5, 5.41) is 1.92. The SMILES string of the molecule is CCOC(=O)c1c(C)[nH]c(C(=O)[C@@H](C)OC(=O)c2ccc3ccccc3c2)c1C. The molecule has 0 spiro atoms. The predicted octanol–water partition coefficient (Wildman–Crippen LogP) is 4.39. The quantitative estimate of drug-likeness (QED) is 0.496. The van der Waals surface area contributed by atoms with E-state index >= 15 is 0 Å². The molecule has 6 heteroatoms. The number of nitrogens with one attached hydrogen (secondary N) is 1. The van der Waals surface area contributed by atoms with Crippen molar-refractivity contribution in [3.05, 3.63) is 70.5 Å². The maximum Gasteiger partial charge on any atom is 0.340 e. The van der Waals surface area contributed by atoms with E-state index in [0.29, 0.717) is 22.4 Å². The van der Waals surface area contributed by atoms with Gasteiger partial charge >= 0.3 is 11.9 Å². The summed E-state index contributed by atoms with van der Waals surface area (Å²) >= 11 is 0. The number of carbonyl (C=O) groups is 3. The molecule has 1 atom stereocenters. The highest BCUT2D eigenvalue weighted by atomic mass is 16.5. The van der Waals surface area contributed by atoms with Gasteiger partial charge in [-0.25, -0.2) is 9.59 Å². The van der Waals surface area contributed by atoms with Crippen molar-refractivity contribution < 1.29 is 23.9 Å². The molecule has 150 valence electrons. The topological polar surface area (TPSA) is 85.5 Å². The molecule has 1 aromatic heterocycles. The average molecular weight is 393 g/mol. The van der Waals surface area contributed by atoms with Crippen LogP contribution in [0.15, 0.2) is 42.5 Å². The van der Waals surface area contributed by atoms with Gasteiger partial charge < -0.3 is 14.5 Å².